The standard InChI is InChI=1S/C22H29N3O3S.C2H2O4/c1-28-21-7-9-22(10-8-21)29(26,27)25-13-11-20(12-14-25)24-17-15-23(16-18-24)19-5-3-2-4-6-19;3-1(4)2(5)6/h2-10,20H,11-18H2,1H3;(H,3,4)(H,5,6). The molecule has 0 unspecified atom stereocenters. The number of piperazine rings is 1. The first-order chi connectivity index (χ1) is 16.7. The van der Waals surface area contributed by atoms with Crippen molar-refractivity contribution in [3.63, 3.8) is 0 Å². The van der Waals surface area contributed by atoms with Crippen LogP contribution in [0.3, 0.4) is 0 Å². The van der Waals surface area contributed by atoms with Gasteiger partial charge in [-0.3, -0.25) is 4.90 Å². The number of para-hydroxylation sites is 1. The molecular formula is C24H31N3O7S. The van der Waals surface area contributed by atoms with Crippen LogP contribution in [0.25, 0.3) is 0 Å². The van der Waals surface area contributed by atoms with Crippen LogP contribution in [0.2, 0.25) is 0 Å². The van der Waals surface area contributed by atoms with Crippen LogP contribution in [0, 0.1) is 0 Å². The molecule has 0 aliphatic carbocycles. The van der Waals surface area contributed by atoms with Gasteiger partial charge in [-0.05, 0) is 49.2 Å². The first-order valence-corrected chi connectivity index (χ1v) is 12.8. The third-order valence-corrected chi connectivity index (χ3v) is 8.17. The Kier molecular flexibility index (Phi) is 9.07. The van der Waals surface area contributed by atoms with Crippen molar-refractivity contribution in [3.8, 4) is 5.75 Å². The Balaban J connectivity index is 0.000000509. The summed E-state index contributed by atoms with van der Waals surface area (Å²) in [6.07, 6.45) is 1.78. The van der Waals surface area contributed by atoms with Gasteiger partial charge in [0.2, 0.25) is 10.0 Å². The lowest BCUT2D eigenvalue weighted by Crippen LogP contribution is -2.53. The fourth-order valence-electron chi connectivity index (χ4n) is 4.33. The highest BCUT2D eigenvalue weighted by atomic mass is 32.2. The number of anilines is 1. The van der Waals surface area contributed by atoms with Gasteiger partial charge in [-0.15, -0.1) is 0 Å². The van der Waals surface area contributed by atoms with Crippen LogP contribution in [0.1, 0.15) is 12.8 Å². The number of hydrogen-bond acceptors (Lipinski definition) is 7. The molecule has 2 aliphatic rings. The SMILES string of the molecule is COc1ccc(S(=O)(=O)N2CCC(N3CCN(c4ccccc4)CC3)CC2)cc1.O=C(O)C(=O)O. The molecular weight excluding hydrogens is 474 g/mol. The Morgan fingerprint density at radius 3 is 1.86 bits per heavy atom. The van der Waals surface area contributed by atoms with Crippen LogP contribution in [0.4, 0.5) is 5.69 Å². The van der Waals surface area contributed by atoms with E-state index in [1.54, 1.807) is 35.7 Å². The molecule has 2 aliphatic heterocycles. The summed E-state index contributed by atoms with van der Waals surface area (Å²) in [6.45, 7) is 5.27. The van der Waals surface area contributed by atoms with Gasteiger partial charge in [0.1, 0.15) is 5.75 Å². The van der Waals surface area contributed by atoms with E-state index in [9.17, 15) is 8.42 Å². The highest BCUT2D eigenvalue weighted by Gasteiger charge is 2.32. The lowest BCUT2D eigenvalue weighted by atomic mass is 10.0. The summed E-state index contributed by atoms with van der Waals surface area (Å²) in [4.78, 5) is 23.5. The van der Waals surface area contributed by atoms with Crippen molar-refractivity contribution < 1.29 is 33.0 Å². The second kappa shape index (κ2) is 12.0. The van der Waals surface area contributed by atoms with Crippen molar-refractivity contribution in [2.24, 2.45) is 0 Å². The van der Waals surface area contributed by atoms with Crippen LogP contribution < -0.4 is 9.64 Å². The van der Waals surface area contributed by atoms with Gasteiger partial charge in [-0.25, -0.2) is 18.0 Å². The van der Waals surface area contributed by atoms with Crippen molar-refractivity contribution in [3.05, 3.63) is 54.6 Å². The number of piperidine rings is 1. The number of rotatable bonds is 5. The van der Waals surface area contributed by atoms with Gasteiger partial charge >= 0.3 is 11.9 Å². The summed E-state index contributed by atoms with van der Waals surface area (Å²) < 4.78 is 32.6. The molecule has 4 rings (SSSR count). The fourth-order valence-corrected chi connectivity index (χ4v) is 5.80. The van der Waals surface area contributed by atoms with E-state index in [2.05, 4.69) is 34.1 Å². The predicted octanol–water partition coefficient (Wildman–Crippen LogP) is 1.83. The second-order valence-corrected chi connectivity index (χ2v) is 10.2. The summed E-state index contributed by atoms with van der Waals surface area (Å²) in [5.41, 5.74) is 1.28. The molecule has 0 atom stereocenters. The molecule has 35 heavy (non-hydrogen) atoms. The van der Waals surface area contributed by atoms with E-state index >= 15 is 0 Å². The molecule has 2 aromatic rings. The molecule has 0 bridgehead atoms. The van der Waals surface area contributed by atoms with Crippen molar-refractivity contribution in [2.45, 2.75) is 23.8 Å². The van der Waals surface area contributed by atoms with Crippen LogP contribution in [-0.4, -0.2) is 92.2 Å². The van der Waals surface area contributed by atoms with Gasteiger partial charge in [-0.1, -0.05) is 18.2 Å². The molecule has 2 fully saturated rings. The number of ether oxygens (including phenoxy) is 1. The van der Waals surface area contributed by atoms with Gasteiger partial charge < -0.3 is 19.8 Å². The maximum absolute atomic E-state index is 12.9. The molecule has 190 valence electrons. The Bertz CT molecular complexity index is 1070. The number of sulfonamides is 1. The average molecular weight is 506 g/mol. The predicted molar refractivity (Wildman–Crippen MR) is 130 cm³/mol. The zero-order valence-corrected chi connectivity index (χ0v) is 20.4. The van der Waals surface area contributed by atoms with E-state index in [4.69, 9.17) is 24.5 Å². The third kappa shape index (κ3) is 6.93. The van der Waals surface area contributed by atoms with Crippen LogP contribution in [-0.2, 0) is 19.6 Å². The van der Waals surface area contributed by atoms with Crippen LogP contribution in [0.15, 0.2) is 59.5 Å². The summed E-state index contributed by atoms with van der Waals surface area (Å²) in [5, 5.41) is 14.8. The van der Waals surface area contributed by atoms with E-state index in [0.717, 1.165) is 39.0 Å². The number of hydrogen-bond donors (Lipinski definition) is 2. The van der Waals surface area contributed by atoms with Gasteiger partial charge in [0.25, 0.3) is 0 Å². The zero-order valence-electron chi connectivity index (χ0n) is 19.6. The second-order valence-electron chi connectivity index (χ2n) is 8.28. The monoisotopic (exact) mass is 505 g/mol. The molecule has 11 heteroatoms. The Hall–Kier alpha value is -3.15. The minimum atomic E-state index is -3.43. The van der Waals surface area contributed by atoms with Gasteiger partial charge in [0.15, 0.2) is 0 Å². The van der Waals surface area contributed by atoms with E-state index in [1.807, 2.05) is 6.07 Å². The van der Waals surface area contributed by atoms with Crippen molar-refractivity contribution in [2.75, 3.05) is 51.3 Å². The largest absolute Gasteiger partial charge is 0.497 e. The molecule has 0 amide bonds. The maximum Gasteiger partial charge on any atom is 0.414 e. The van der Waals surface area contributed by atoms with E-state index in [1.165, 1.54) is 5.69 Å². The first-order valence-electron chi connectivity index (χ1n) is 11.4. The average Bonchev–Trinajstić information content (AvgIpc) is 2.89. The lowest BCUT2D eigenvalue weighted by Gasteiger charge is -2.43. The van der Waals surface area contributed by atoms with Gasteiger partial charge in [0.05, 0.1) is 12.0 Å². The molecule has 10 nitrogen and oxygen atoms in total. The number of methoxy groups -OCH3 is 1. The normalized spacial score (nSPS) is 17.8. The molecule has 2 aromatic carbocycles. The molecule has 0 spiro atoms. The Morgan fingerprint density at radius 2 is 1.37 bits per heavy atom. The van der Waals surface area contributed by atoms with Crippen molar-refractivity contribution >= 4 is 27.6 Å². The van der Waals surface area contributed by atoms with E-state index in [0.29, 0.717) is 29.8 Å². The minimum Gasteiger partial charge on any atom is -0.497 e. The van der Waals surface area contributed by atoms with E-state index in [-0.39, 0.29) is 0 Å². The molecule has 0 aromatic heterocycles. The topological polar surface area (TPSA) is 128 Å². The van der Waals surface area contributed by atoms with E-state index < -0.39 is 22.0 Å². The number of nitrogens with zero attached hydrogens (tertiary/aromatic N) is 3. The molecule has 2 N–H and O–H groups in total. The molecule has 2 heterocycles. The van der Waals surface area contributed by atoms with Crippen molar-refractivity contribution in [1.29, 1.82) is 0 Å². The number of benzene rings is 2. The summed E-state index contributed by atoms with van der Waals surface area (Å²) >= 11 is 0. The first kappa shape index (κ1) is 26.5. The highest BCUT2D eigenvalue weighted by molar-refractivity contribution is 7.89. The van der Waals surface area contributed by atoms with Gasteiger partial charge in [-0.2, -0.15) is 4.31 Å². The minimum absolute atomic E-state index is 0.341. The molecule has 0 saturated carbocycles. The Labute approximate surface area is 205 Å². The maximum atomic E-state index is 12.9. The van der Waals surface area contributed by atoms with Crippen LogP contribution in [0.5, 0.6) is 5.75 Å². The number of aliphatic carboxylic acids is 2. The quantitative estimate of drug-likeness (QED) is 0.585. The summed E-state index contributed by atoms with van der Waals surface area (Å²) in [5.74, 6) is -2.98. The smallest absolute Gasteiger partial charge is 0.414 e. The molecule has 0 radical (unpaired) electrons. The Morgan fingerprint density at radius 1 is 0.829 bits per heavy atom. The number of carbonyl (C=O) groups is 2. The van der Waals surface area contributed by atoms with Crippen LogP contribution >= 0.6 is 0 Å². The lowest BCUT2D eigenvalue weighted by molar-refractivity contribution is -0.159. The number of carboxylic acids is 2. The zero-order chi connectivity index (χ0) is 25.4. The molecule has 2 saturated heterocycles. The highest BCUT2D eigenvalue weighted by Crippen LogP contribution is 2.26. The fraction of sp³-hybridized carbons (Fsp3) is 0.417. The van der Waals surface area contributed by atoms with Gasteiger partial charge in [0, 0.05) is 51.0 Å². The number of carboxylic acid groups (broad SMARTS) is 2. The summed E-state index contributed by atoms with van der Waals surface area (Å²) in [6, 6.07) is 17.7. The van der Waals surface area contributed by atoms with Crippen molar-refractivity contribution in [1.82, 2.24) is 9.21 Å². The summed E-state index contributed by atoms with van der Waals surface area (Å²) in [7, 11) is -1.86. The third-order valence-electron chi connectivity index (χ3n) is 6.26.